The predicted octanol–water partition coefficient (Wildman–Crippen LogP) is 2.75. The molecule has 0 aromatic heterocycles. The van der Waals surface area contributed by atoms with Gasteiger partial charge in [-0.05, 0) is 31.6 Å². The maximum atomic E-state index is 9.76. The highest BCUT2D eigenvalue weighted by Crippen LogP contribution is 2.22. The van der Waals surface area contributed by atoms with Crippen LogP contribution < -0.4 is 5.32 Å². The average molecular weight is 259 g/mol. The lowest BCUT2D eigenvalue weighted by atomic mass is 9.90. The van der Waals surface area contributed by atoms with Crippen molar-refractivity contribution in [2.75, 3.05) is 26.2 Å². The van der Waals surface area contributed by atoms with Gasteiger partial charge < -0.3 is 4.90 Å². The van der Waals surface area contributed by atoms with Crippen LogP contribution in [0.25, 0.3) is 0 Å². The fraction of sp³-hybridized carbons (Fsp3) is 0.562. The van der Waals surface area contributed by atoms with Crippen molar-refractivity contribution < 1.29 is 0 Å². The Kier molecular flexibility index (Phi) is 6.55. The van der Waals surface area contributed by atoms with E-state index in [0.717, 1.165) is 38.2 Å². The van der Waals surface area contributed by atoms with E-state index in [1.165, 1.54) is 0 Å². The highest BCUT2D eigenvalue weighted by Gasteiger charge is 2.33. The van der Waals surface area contributed by atoms with Crippen LogP contribution in [0.15, 0.2) is 30.3 Å². The molecule has 0 saturated carbocycles. The lowest BCUT2D eigenvalue weighted by Gasteiger charge is -2.33. The first kappa shape index (κ1) is 15.7. The van der Waals surface area contributed by atoms with E-state index in [2.05, 4.69) is 37.1 Å². The first-order valence-corrected chi connectivity index (χ1v) is 7.16. The van der Waals surface area contributed by atoms with Crippen molar-refractivity contribution in [2.45, 2.75) is 32.7 Å². The van der Waals surface area contributed by atoms with Crippen molar-refractivity contribution in [1.29, 1.82) is 5.26 Å². The highest BCUT2D eigenvalue weighted by molar-refractivity contribution is 5.32. The predicted molar refractivity (Wildman–Crippen MR) is 79.8 cm³/mol. The van der Waals surface area contributed by atoms with Gasteiger partial charge in [-0.1, -0.05) is 51.1 Å². The molecule has 0 aliphatic carbocycles. The zero-order valence-electron chi connectivity index (χ0n) is 12.3. The number of hydrogen-bond acceptors (Lipinski definition) is 3. The van der Waals surface area contributed by atoms with Gasteiger partial charge in [-0.15, -0.1) is 0 Å². The Morgan fingerprint density at radius 2 is 1.79 bits per heavy atom. The number of hydrogen-bond donors (Lipinski definition) is 1. The van der Waals surface area contributed by atoms with Crippen LogP contribution in [0.5, 0.6) is 0 Å². The molecule has 0 saturated heterocycles. The SMILES string of the molecule is CCCNC(C#N)(CN(CC)CC)c1ccccc1. The summed E-state index contributed by atoms with van der Waals surface area (Å²) in [4.78, 5) is 2.29. The molecule has 0 radical (unpaired) electrons. The Bertz CT molecular complexity index is 392. The van der Waals surface area contributed by atoms with Crippen molar-refractivity contribution in [3.8, 4) is 6.07 Å². The van der Waals surface area contributed by atoms with Crippen LogP contribution in [0.3, 0.4) is 0 Å². The van der Waals surface area contributed by atoms with Crippen LogP contribution in [-0.2, 0) is 5.54 Å². The number of likely N-dealkylation sites (N-methyl/N-ethyl adjacent to an activating group) is 1. The van der Waals surface area contributed by atoms with Gasteiger partial charge in [0.2, 0.25) is 0 Å². The molecule has 1 aromatic rings. The van der Waals surface area contributed by atoms with Gasteiger partial charge in [-0.2, -0.15) is 5.26 Å². The maximum absolute atomic E-state index is 9.76. The van der Waals surface area contributed by atoms with Crippen molar-refractivity contribution in [2.24, 2.45) is 0 Å². The summed E-state index contributed by atoms with van der Waals surface area (Å²) in [6.45, 7) is 9.88. The number of nitrogens with one attached hydrogen (secondary N) is 1. The summed E-state index contributed by atoms with van der Waals surface area (Å²) in [7, 11) is 0. The molecule has 1 atom stereocenters. The Morgan fingerprint density at radius 1 is 1.16 bits per heavy atom. The van der Waals surface area contributed by atoms with E-state index in [4.69, 9.17) is 0 Å². The van der Waals surface area contributed by atoms with Crippen LogP contribution in [-0.4, -0.2) is 31.1 Å². The van der Waals surface area contributed by atoms with Crippen LogP contribution >= 0.6 is 0 Å². The topological polar surface area (TPSA) is 39.1 Å². The molecule has 3 heteroatoms. The number of nitrogens with zero attached hydrogens (tertiary/aromatic N) is 2. The van der Waals surface area contributed by atoms with E-state index in [9.17, 15) is 5.26 Å². The third kappa shape index (κ3) is 4.05. The third-order valence-electron chi connectivity index (χ3n) is 3.49. The van der Waals surface area contributed by atoms with E-state index >= 15 is 0 Å². The molecule has 1 N–H and O–H groups in total. The zero-order chi connectivity index (χ0) is 14.1. The quantitative estimate of drug-likeness (QED) is 0.780. The standard InChI is InChI=1S/C16H25N3/c1-4-12-18-16(13-17,14-19(5-2)6-3)15-10-8-7-9-11-15/h7-11,18H,4-6,12,14H2,1-3H3. The summed E-state index contributed by atoms with van der Waals surface area (Å²) in [5.74, 6) is 0. The van der Waals surface area contributed by atoms with E-state index < -0.39 is 5.54 Å². The molecule has 104 valence electrons. The third-order valence-corrected chi connectivity index (χ3v) is 3.49. The molecule has 0 aliphatic rings. The second kappa shape index (κ2) is 7.93. The molecule has 0 amide bonds. The highest BCUT2D eigenvalue weighted by atomic mass is 15.2. The number of rotatable bonds is 8. The van der Waals surface area contributed by atoms with Crippen LogP contribution in [0, 0.1) is 11.3 Å². The van der Waals surface area contributed by atoms with Gasteiger partial charge >= 0.3 is 0 Å². The molecular formula is C16H25N3. The van der Waals surface area contributed by atoms with E-state index in [1.54, 1.807) is 0 Å². The summed E-state index contributed by atoms with van der Waals surface area (Å²) in [5.41, 5.74) is 0.446. The minimum absolute atomic E-state index is 0.608. The maximum Gasteiger partial charge on any atom is 0.145 e. The fourth-order valence-electron chi connectivity index (χ4n) is 2.23. The van der Waals surface area contributed by atoms with E-state index in [0.29, 0.717) is 0 Å². The molecule has 0 spiro atoms. The van der Waals surface area contributed by atoms with Gasteiger partial charge in [0.05, 0.1) is 6.07 Å². The molecule has 1 unspecified atom stereocenters. The summed E-state index contributed by atoms with van der Waals surface area (Å²) in [6, 6.07) is 12.6. The molecule has 3 nitrogen and oxygen atoms in total. The Balaban J connectivity index is 3.04. The smallest absolute Gasteiger partial charge is 0.145 e. The van der Waals surface area contributed by atoms with Crippen LogP contribution in [0.1, 0.15) is 32.8 Å². The van der Waals surface area contributed by atoms with Crippen molar-refractivity contribution >= 4 is 0 Å². The van der Waals surface area contributed by atoms with Crippen molar-refractivity contribution in [3.63, 3.8) is 0 Å². The fourth-order valence-corrected chi connectivity index (χ4v) is 2.23. The monoisotopic (exact) mass is 259 g/mol. The van der Waals surface area contributed by atoms with Gasteiger partial charge in [0.25, 0.3) is 0 Å². The molecule has 0 bridgehead atoms. The van der Waals surface area contributed by atoms with Gasteiger partial charge in [-0.3, -0.25) is 5.32 Å². The Hall–Kier alpha value is -1.37. The summed E-state index contributed by atoms with van der Waals surface area (Å²) >= 11 is 0. The summed E-state index contributed by atoms with van der Waals surface area (Å²) < 4.78 is 0. The van der Waals surface area contributed by atoms with Gasteiger partial charge in [0, 0.05) is 6.54 Å². The summed E-state index contributed by atoms with van der Waals surface area (Å²) in [5, 5.41) is 13.2. The minimum Gasteiger partial charge on any atom is -0.301 e. The zero-order valence-corrected chi connectivity index (χ0v) is 12.3. The molecule has 0 heterocycles. The average Bonchev–Trinajstić information content (AvgIpc) is 2.49. The van der Waals surface area contributed by atoms with Gasteiger partial charge in [0.15, 0.2) is 0 Å². The molecule has 1 aromatic carbocycles. The van der Waals surface area contributed by atoms with Gasteiger partial charge in [-0.25, -0.2) is 0 Å². The van der Waals surface area contributed by atoms with Crippen LogP contribution in [0.2, 0.25) is 0 Å². The largest absolute Gasteiger partial charge is 0.301 e. The first-order valence-electron chi connectivity index (χ1n) is 7.16. The van der Waals surface area contributed by atoms with E-state index in [1.807, 2.05) is 30.3 Å². The molecule has 19 heavy (non-hydrogen) atoms. The lowest BCUT2D eigenvalue weighted by molar-refractivity contribution is 0.229. The minimum atomic E-state index is -0.608. The van der Waals surface area contributed by atoms with E-state index in [-0.39, 0.29) is 0 Å². The van der Waals surface area contributed by atoms with Crippen LogP contribution in [0.4, 0.5) is 0 Å². The Morgan fingerprint density at radius 3 is 2.26 bits per heavy atom. The van der Waals surface area contributed by atoms with Crippen molar-refractivity contribution in [3.05, 3.63) is 35.9 Å². The number of nitriles is 1. The second-order valence-electron chi connectivity index (χ2n) is 4.77. The normalized spacial score (nSPS) is 14.1. The van der Waals surface area contributed by atoms with Crippen molar-refractivity contribution in [1.82, 2.24) is 10.2 Å². The molecular weight excluding hydrogens is 234 g/mol. The number of benzene rings is 1. The molecule has 0 fully saturated rings. The second-order valence-corrected chi connectivity index (χ2v) is 4.77. The summed E-state index contributed by atoms with van der Waals surface area (Å²) in [6.07, 6.45) is 1.02. The first-order chi connectivity index (χ1) is 9.22. The van der Waals surface area contributed by atoms with Gasteiger partial charge in [0.1, 0.15) is 5.54 Å². The molecule has 0 aliphatic heterocycles. The lowest BCUT2D eigenvalue weighted by Crippen LogP contribution is -2.50. The Labute approximate surface area is 117 Å². The molecule has 1 rings (SSSR count).